The van der Waals surface area contributed by atoms with Gasteiger partial charge in [-0.3, -0.25) is 0 Å². The summed E-state index contributed by atoms with van der Waals surface area (Å²) in [5.74, 6) is 2.05. The van der Waals surface area contributed by atoms with E-state index in [0.29, 0.717) is 24.5 Å². The maximum absolute atomic E-state index is 13.6. The Morgan fingerprint density at radius 3 is 2.83 bits per heavy atom. The van der Waals surface area contributed by atoms with E-state index in [4.69, 9.17) is 14.7 Å². The summed E-state index contributed by atoms with van der Waals surface area (Å²) >= 11 is 0. The predicted octanol–water partition coefficient (Wildman–Crippen LogP) is 2.40. The molecule has 0 bridgehead atoms. The second-order valence-electron chi connectivity index (χ2n) is 7.79. The van der Waals surface area contributed by atoms with Crippen molar-refractivity contribution in [1.29, 1.82) is 0 Å². The van der Waals surface area contributed by atoms with Crippen LogP contribution in [-0.4, -0.2) is 49.9 Å². The molecule has 162 valence electrons. The van der Waals surface area contributed by atoms with Gasteiger partial charge in [-0.25, -0.2) is 18.4 Å². The molecule has 1 saturated heterocycles. The van der Waals surface area contributed by atoms with Crippen molar-refractivity contribution in [3.05, 3.63) is 40.8 Å². The van der Waals surface area contributed by atoms with E-state index in [1.54, 1.807) is 29.6 Å². The van der Waals surface area contributed by atoms with E-state index in [-0.39, 0.29) is 10.9 Å². The Morgan fingerprint density at radius 2 is 2.10 bits per heavy atom. The van der Waals surface area contributed by atoms with Crippen LogP contribution >= 0.6 is 0 Å². The summed E-state index contributed by atoms with van der Waals surface area (Å²) in [5.41, 5.74) is 2.87. The summed E-state index contributed by atoms with van der Waals surface area (Å²) < 4.78 is 34.0. The third-order valence-corrected chi connectivity index (χ3v) is 7.82. The molecule has 0 saturated carbocycles. The van der Waals surface area contributed by atoms with E-state index in [2.05, 4.69) is 10.6 Å². The van der Waals surface area contributed by atoms with Crippen LogP contribution in [-0.2, 0) is 23.0 Å². The first kappa shape index (κ1) is 21.0. The lowest BCUT2D eigenvalue weighted by Crippen LogP contribution is -2.39. The largest absolute Gasteiger partial charge is 0.496 e. The quantitative estimate of drug-likeness (QED) is 0.750. The van der Waals surface area contributed by atoms with Crippen LogP contribution in [0.4, 0.5) is 5.82 Å². The van der Waals surface area contributed by atoms with E-state index in [1.807, 2.05) is 14.0 Å². The highest BCUT2D eigenvalue weighted by molar-refractivity contribution is 7.89. The van der Waals surface area contributed by atoms with Crippen molar-refractivity contribution in [3.8, 4) is 5.75 Å². The number of nitrogens with zero attached hydrogens (tertiary/aromatic N) is 3. The van der Waals surface area contributed by atoms with Gasteiger partial charge in [0.1, 0.15) is 17.4 Å². The summed E-state index contributed by atoms with van der Waals surface area (Å²) in [6.45, 7) is 3.91. The molecule has 2 N–H and O–H groups in total. The molecule has 0 amide bonds. The zero-order valence-electron chi connectivity index (χ0n) is 17.7. The second kappa shape index (κ2) is 8.49. The summed E-state index contributed by atoms with van der Waals surface area (Å²) in [6.07, 6.45) is 3.32. The van der Waals surface area contributed by atoms with E-state index in [0.717, 1.165) is 55.0 Å². The third kappa shape index (κ3) is 3.77. The number of hydrogen-bond donors (Lipinski definition) is 2. The zero-order chi connectivity index (χ0) is 21.3. The molecule has 30 heavy (non-hydrogen) atoms. The van der Waals surface area contributed by atoms with E-state index in [1.165, 1.54) is 0 Å². The van der Waals surface area contributed by atoms with Gasteiger partial charge in [0, 0.05) is 38.7 Å². The highest BCUT2D eigenvalue weighted by Crippen LogP contribution is 2.36. The minimum Gasteiger partial charge on any atom is -0.496 e. The van der Waals surface area contributed by atoms with Crippen molar-refractivity contribution in [3.63, 3.8) is 0 Å². The minimum absolute atomic E-state index is 0.281. The van der Waals surface area contributed by atoms with Gasteiger partial charge >= 0.3 is 0 Å². The number of ether oxygens (including phenoxy) is 1. The van der Waals surface area contributed by atoms with Gasteiger partial charge in [-0.2, -0.15) is 4.31 Å². The number of rotatable bonds is 5. The number of nitrogens with one attached hydrogen (secondary N) is 2. The minimum atomic E-state index is -3.68. The molecule has 3 heterocycles. The van der Waals surface area contributed by atoms with Crippen LogP contribution in [0.3, 0.4) is 0 Å². The number of methoxy groups -OCH3 is 1. The number of aromatic nitrogens is 2. The highest BCUT2D eigenvalue weighted by atomic mass is 32.2. The first-order valence-electron chi connectivity index (χ1n) is 10.4. The van der Waals surface area contributed by atoms with Crippen molar-refractivity contribution >= 4 is 15.8 Å². The van der Waals surface area contributed by atoms with E-state index in [9.17, 15) is 8.42 Å². The fourth-order valence-electron chi connectivity index (χ4n) is 4.32. The SMILES string of the molecule is CNc1nc([C@@H]2CCCCN2S(=O)(=O)c2ccc(OC)c(C)c2)nc2c1CNCC2. The fourth-order valence-corrected chi connectivity index (χ4v) is 6.06. The molecule has 0 unspecified atom stereocenters. The Labute approximate surface area is 178 Å². The maximum atomic E-state index is 13.6. The smallest absolute Gasteiger partial charge is 0.243 e. The standard InChI is InChI=1S/C21H29N5O3S/c1-14-12-15(7-8-19(14)29-3)30(27,28)26-11-5-4-6-18(26)21-24-17-9-10-23-13-16(17)20(22-2)25-21/h7-8,12,18,23H,4-6,9-11,13H2,1-3H3,(H,22,24,25)/t18-/m0/s1. The van der Waals surface area contributed by atoms with Gasteiger partial charge in [-0.1, -0.05) is 6.42 Å². The van der Waals surface area contributed by atoms with Crippen LogP contribution in [0.1, 0.15) is 47.9 Å². The number of benzene rings is 1. The number of sulfonamides is 1. The maximum Gasteiger partial charge on any atom is 0.243 e. The molecule has 0 radical (unpaired) electrons. The topological polar surface area (TPSA) is 96.5 Å². The average Bonchev–Trinajstić information content (AvgIpc) is 2.78. The molecule has 0 spiro atoms. The van der Waals surface area contributed by atoms with Crippen molar-refractivity contribution in [1.82, 2.24) is 19.6 Å². The van der Waals surface area contributed by atoms with Crippen LogP contribution in [0, 0.1) is 6.92 Å². The average molecular weight is 432 g/mol. The molecule has 2 aromatic rings. The second-order valence-corrected chi connectivity index (χ2v) is 9.68. The molecule has 0 aliphatic carbocycles. The van der Waals surface area contributed by atoms with Gasteiger partial charge in [-0.15, -0.1) is 0 Å². The normalized spacial score (nSPS) is 19.9. The molecular weight excluding hydrogens is 402 g/mol. The number of hydrogen-bond acceptors (Lipinski definition) is 7. The van der Waals surface area contributed by atoms with Gasteiger partial charge in [0.25, 0.3) is 0 Å². The molecule has 8 nitrogen and oxygen atoms in total. The van der Waals surface area contributed by atoms with E-state index >= 15 is 0 Å². The Morgan fingerprint density at radius 1 is 1.27 bits per heavy atom. The van der Waals surface area contributed by atoms with Gasteiger partial charge in [-0.05, 0) is 43.5 Å². The Kier molecular flexibility index (Phi) is 5.95. The van der Waals surface area contributed by atoms with Gasteiger partial charge in [0.05, 0.1) is 23.7 Å². The van der Waals surface area contributed by atoms with Crippen LogP contribution < -0.4 is 15.4 Å². The van der Waals surface area contributed by atoms with Gasteiger partial charge < -0.3 is 15.4 Å². The first-order chi connectivity index (χ1) is 14.5. The van der Waals surface area contributed by atoms with Crippen LogP contribution in [0.25, 0.3) is 0 Å². The van der Waals surface area contributed by atoms with Crippen LogP contribution in [0.15, 0.2) is 23.1 Å². The summed E-state index contributed by atoms with van der Waals surface area (Å²) in [4.78, 5) is 9.85. The van der Waals surface area contributed by atoms with E-state index < -0.39 is 10.0 Å². The van der Waals surface area contributed by atoms with Crippen molar-refractivity contribution in [2.45, 2.75) is 50.1 Å². The van der Waals surface area contributed by atoms with Gasteiger partial charge in [0.15, 0.2) is 0 Å². The lowest BCUT2D eigenvalue weighted by atomic mass is 10.0. The Bertz CT molecular complexity index is 1020. The lowest BCUT2D eigenvalue weighted by Gasteiger charge is -2.34. The molecule has 9 heteroatoms. The molecule has 1 aromatic carbocycles. The Balaban J connectivity index is 1.74. The predicted molar refractivity (Wildman–Crippen MR) is 115 cm³/mol. The first-order valence-corrected chi connectivity index (χ1v) is 11.8. The lowest BCUT2D eigenvalue weighted by molar-refractivity contribution is 0.246. The number of aryl methyl sites for hydroxylation is 1. The monoisotopic (exact) mass is 431 g/mol. The number of piperidine rings is 1. The molecule has 1 atom stereocenters. The molecule has 2 aliphatic heterocycles. The summed E-state index contributed by atoms with van der Waals surface area (Å²) in [6, 6.07) is 4.64. The van der Waals surface area contributed by atoms with Crippen molar-refractivity contribution in [2.75, 3.05) is 32.6 Å². The van der Waals surface area contributed by atoms with Gasteiger partial charge in [0.2, 0.25) is 10.0 Å². The number of anilines is 1. The van der Waals surface area contributed by atoms with Crippen molar-refractivity contribution < 1.29 is 13.2 Å². The van der Waals surface area contributed by atoms with Crippen molar-refractivity contribution in [2.24, 2.45) is 0 Å². The highest BCUT2D eigenvalue weighted by Gasteiger charge is 2.37. The third-order valence-electron chi connectivity index (χ3n) is 5.91. The van der Waals surface area contributed by atoms with Crippen LogP contribution in [0.2, 0.25) is 0 Å². The summed E-state index contributed by atoms with van der Waals surface area (Å²) in [7, 11) is -0.256. The Hall–Kier alpha value is -2.23. The van der Waals surface area contributed by atoms with Crippen LogP contribution in [0.5, 0.6) is 5.75 Å². The molecule has 1 fully saturated rings. The number of fused-ring (bicyclic) bond motifs is 1. The molecule has 1 aromatic heterocycles. The molecular formula is C21H29N5O3S. The summed E-state index contributed by atoms with van der Waals surface area (Å²) in [5, 5.41) is 6.51. The zero-order valence-corrected chi connectivity index (χ0v) is 18.6. The molecule has 4 rings (SSSR count). The fraction of sp³-hybridized carbons (Fsp3) is 0.524. The molecule has 2 aliphatic rings.